The first kappa shape index (κ1) is 18.8. The van der Waals surface area contributed by atoms with E-state index in [-0.39, 0.29) is 30.7 Å². The molecule has 11 heteroatoms. The Morgan fingerprint density at radius 2 is 2.20 bits per heavy atom. The van der Waals surface area contributed by atoms with E-state index in [4.69, 9.17) is 21.3 Å². The largest absolute Gasteiger partial charge is 0.480 e. The average molecular weight is 354 g/mol. The van der Waals surface area contributed by atoms with Gasteiger partial charge in [-0.1, -0.05) is 6.92 Å². The lowest BCUT2D eigenvalue weighted by atomic mass is 9.96. The van der Waals surface area contributed by atoms with Crippen LogP contribution in [0.3, 0.4) is 0 Å². The molecule has 0 saturated heterocycles. The van der Waals surface area contributed by atoms with Crippen molar-refractivity contribution >= 4 is 23.1 Å². The second-order valence-corrected chi connectivity index (χ2v) is 5.86. The summed E-state index contributed by atoms with van der Waals surface area (Å²) in [4.78, 5) is 32.8. The molecule has 138 valence electrons. The third-order valence-corrected chi connectivity index (χ3v) is 4.00. The van der Waals surface area contributed by atoms with Crippen LogP contribution >= 0.6 is 0 Å². The number of aromatic nitrogens is 4. The van der Waals surface area contributed by atoms with Crippen molar-refractivity contribution in [3.8, 4) is 0 Å². The second kappa shape index (κ2) is 8.05. The molecule has 0 radical (unpaired) electrons. The Morgan fingerprint density at radius 1 is 1.48 bits per heavy atom. The number of aromatic amines is 1. The summed E-state index contributed by atoms with van der Waals surface area (Å²) in [6, 6.07) is -0.961. The number of aliphatic carboxylic acids is 1. The van der Waals surface area contributed by atoms with Gasteiger partial charge in [0.1, 0.15) is 18.4 Å². The van der Waals surface area contributed by atoms with E-state index in [1.807, 2.05) is 0 Å². The van der Waals surface area contributed by atoms with Gasteiger partial charge < -0.3 is 31.4 Å². The van der Waals surface area contributed by atoms with Gasteiger partial charge in [-0.15, -0.1) is 0 Å². The summed E-state index contributed by atoms with van der Waals surface area (Å²) >= 11 is 0. The third-order valence-electron chi connectivity index (χ3n) is 4.00. The van der Waals surface area contributed by atoms with Gasteiger partial charge in [0.25, 0.3) is 0 Å². The number of carboxylic acid groups (broad SMARTS) is 1. The van der Waals surface area contributed by atoms with Crippen molar-refractivity contribution in [1.29, 1.82) is 0 Å². The number of aliphatic hydroxyl groups excluding tert-OH is 1. The molecular weight excluding hydrogens is 332 g/mol. The minimum atomic E-state index is -1.06. The van der Waals surface area contributed by atoms with Crippen molar-refractivity contribution in [2.45, 2.75) is 38.6 Å². The van der Waals surface area contributed by atoms with Crippen LogP contribution in [0.15, 0.2) is 11.1 Å². The van der Waals surface area contributed by atoms with Crippen LogP contribution in [0.2, 0.25) is 0 Å². The van der Waals surface area contributed by atoms with Crippen LogP contribution < -0.4 is 17.0 Å². The number of aliphatic hydroxyl groups is 1. The van der Waals surface area contributed by atoms with Gasteiger partial charge in [-0.25, -0.2) is 4.98 Å². The summed E-state index contributed by atoms with van der Waals surface area (Å²) in [5.74, 6) is -1.35. The first-order chi connectivity index (χ1) is 11.8. The highest BCUT2D eigenvalue weighted by Gasteiger charge is 2.21. The van der Waals surface area contributed by atoms with Gasteiger partial charge in [0.05, 0.1) is 19.0 Å². The van der Waals surface area contributed by atoms with E-state index in [1.54, 1.807) is 6.92 Å². The number of imidazole rings is 1. The van der Waals surface area contributed by atoms with Crippen molar-refractivity contribution in [1.82, 2.24) is 19.5 Å². The average Bonchev–Trinajstić information content (AvgIpc) is 2.97. The van der Waals surface area contributed by atoms with Gasteiger partial charge in [-0.3, -0.25) is 14.2 Å². The highest BCUT2D eigenvalue weighted by Crippen LogP contribution is 2.14. The topological polar surface area (TPSA) is 182 Å². The van der Waals surface area contributed by atoms with Crippen LogP contribution in [0, 0.1) is 5.92 Å². The van der Waals surface area contributed by atoms with Crippen molar-refractivity contribution in [3.63, 3.8) is 0 Å². The predicted octanol–water partition coefficient (Wildman–Crippen LogP) is -1.13. The molecule has 2 aromatic heterocycles. The van der Waals surface area contributed by atoms with Crippen molar-refractivity contribution in [2.24, 2.45) is 11.7 Å². The normalized spacial score (nSPS) is 15.2. The van der Waals surface area contributed by atoms with Gasteiger partial charge in [-0.05, 0) is 18.8 Å². The molecule has 25 heavy (non-hydrogen) atoms. The number of nitrogens with zero attached hydrogens (tertiary/aromatic N) is 3. The molecule has 0 fully saturated rings. The molecule has 11 nitrogen and oxygen atoms in total. The molecular formula is C14H22N6O5. The summed E-state index contributed by atoms with van der Waals surface area (Å²) in [6.07, 6.45) is 1.82. The van der Waals surface area contributed by atoms with Gasteiger partial charge in [0.15, 0.2) is 5.52 Å². The lowest BCUT2D eigenvalue weighted by Gasteiger charge is -2.20. The maximum atomic E-state index is 11.7. The maximum absolute atomic E-state index is 11.7. The SMILES string of the molecule is CC(CCC(CO)OCn1cnc2c(=O)nc(N)[nH]c21)[C@H](N)C(=O)O. The molecule has 0 bridgehead atoms. The highest BCUT2D eigenvalue weighted by molar-refractivity contribution is 5.73. The zero-order chi connectivity index (χ0) is 18.6. The first-order valence-electron chi connectivity index (χ1n) is 7.75. The number of fused-ring (bicyclic) bond motifs is 1. The Bertz CT molecular complexity index is 788. The number of anilines is 1. The monoisotopic (exact) mass is 354 g/mol. The Kier molecular flexibility index (Phi) is 6.07. The van der Waals surface area contributed by atoms with E-state index in [1.165, 1.54) is 10.9 Å². The van der Waals surface area contributed by atoms with Crippen LogP contribution in [0.4, 0.5) is 5.95 Å². The molecule has 0 aliphatic rings. The number of H-pyrrole nitrogens is 1. The Morgan fingerprint density at radius 3 is 2.84 bits per heavy atom. The lowest BCUT2D eigenvalue weighted by molar-refractivity contribution is -0.139. The van der Waals surface area contributed by atoms with Crippen LogP contribution in [0.5, 0.6) is 0 Å². The molecule has 3 atom stereocenters. The summed E-state index contributed by atoms with van der Waals surface area (Å²) in [5, 5.41) is 18.3. The molecule has 0 spiro atoms. The van der Waals surface area contributed by atoms with Gasteiger partial charge in [-0.2, -0.15) is 4.98 Å². The van der Waals surface area contributed by atoms with E-state index >= 15 is 0 Å². The smallest absolute Gasteiger partial charge is 0.320 e. The third kappa shape index (κ3) is 4.53. The molecule has 0 aliphatic heterocycles. The van der Waals surface area contributed by atoms with E-state index < -0.39 is 23.7 Å². The Labute approximate surface area is 142 Å². The number of carbonyl (C=O) groups is 1. The molecule has 0 aromatic carbocycles. The van der Waals surface area contributed by atoms with Crippen molar-refractivity contribution in [3.05, 3.63) is 16.7 Å². The minimum Gasteiger partial charge on any atom is -0.480 e. The number of ether oxygens (including phenoxy) is 1. The van der Waals surface area contributed by atoms with Crippen molar-refractivity contribution in [2.75, 3.05) is 12.3 Å². The van der Waals surface area contributed by atoms with Gasteiger partial charge in [0, 0.05) is 0 Å². The van der Waals surface area contributed by atoms with E-state index in [9.17, 15) is 14.7 Å². The fourth-order valence-electron chi connectivity index (χ4n) is 2.36. The first-order valence-corrected chi connectivity index (χ1v) is 7.75. The molecule has 0 amide bonds. The van der Waals surface area contributed by atoms with Crippen LogP contribution in [0.1, 0.15) is 19.8 Å². The lowest BCUT2D eigenvalue weighted by Crippen LogP contribution is -2.37. The summed E-state index contributed by atoms with van der Waals surface area (Å²) in [6.45, 7) is 1.53. The zero-order valence-electron chi connectivity index (χ0n) is 13.8. The van der Waals surface area contributed by atoms with Crippen LogP contribution in [-0.4, -0.2) is 54.5 Å². The fourth-order valence-corrected chi connectivity index (χ4v) is 2.36. The van der Waals surface area contributed by atoms with Crippen molar-refractivity contribution < 1.29 is 19.7 Å². The number of hydrogen-bond donors (Lipinski definition) is 5. The standard InChI is InChI=1S/C14H22N6O5/c1-7(9(15)13(23)24)2-3-8(4-21)25-6-20-5-17-10-11(20)18-14(16)19-12(10)22/h5,7-9,21H,2-4,6,15H2,1H3,(H,23,24)(H3,16,18,19,22)/t7?,8?,9-/m0/s1. The molecule has 2 rings (SSSR count). The number of nitrogen functional groups attached to an aromatic ring is 1. The van der Waals surface area contributed by atoms with E-state index in [2.05, 4.69) is 15.0 Å². The molecule has 7 N–H and O–H groups in total. The molecule has 2 aromatic rings. The Hall–Kier alpha value is -2.50. The van der Waals surface area contributed by atoms with Gasteiger partial charge >= 0.3 is 11.5 Å². The highest BCUT2D eigenvalue weighted by atomic mass is 16.5. The quantitative estimate of drug-likeness (QED) is 0.371. The summed E-state index contributed by atoms with van der Waals surface area (Å²) < 4.78 is 7.15. The molecule has 2 unspecified atom stereocenters. The zero-order valence-corrected chi connectivity index (χ0v) is 13.8. The van der Waals surface area contributed by atoms with Gasteiger partial charge in [0.2, 0.25) is 5.95 Å². The Balaban J connectivity index is 1.97. The number of hydrogen-bond acceptors (Lipinski definition) is 8. The summed E-state index contributed by atoms with van der Waals surface area (Å²) in [7, 11) is 0. The van der Waals surface area contributed by atoms with Crippen LogP contribution in [-0.2, 0) is 16.3 Å². The second-order valence-electron chi connectivity index (χ2n) is 5.86. The number of rotatable bonds is 9. The molecule has 0 saturated carbocycles. The molecule has 2 heterocycles. The maximum Gasteiger partial charge on any atom is 0.320 e. The number of nitrogens with one attached hydrogen (secondary N) is 1. The fraction of sp³-hybridized carbons (Fsp3) is 0.571. The predicted molar refractivity (Wildman–Crippen MR) is 88.5 cm³/mol. The summed E-state index contributed by atoms with van der Waals surface area (Å²) in [5.41, 5.74) is 11.1. The molecule has 0 aliphatic carbocycles. The minimum absolute atomic E-state index is 0.0283. The van der Waals surface area contributed by atoms with E-state index in [0.29, 0.717) is 18.5 Å². The van der Waals surface area contributed by atoms with E-state index in [0.717, 1.165) is 0 Å². The van der Waals surface area contributed by atoms with Crippen LogP contribution in [0.25, 0.3) is 11.2 Å². The number of carboxylic acids is 1. The number of nitrogens with two attached hydrogens (primary N) is 2.